The lowest BCUT2D eigenvalue weighted by Crippen LogP contribution is -1.98. The fourth-order valence-corrected chi connectivity index (χ4v) is 2.27. The number of aromatic nitrogens is 2. The molecule has 0 atom stereocenters. The number of benzene rings is 1. The molecule has 0 unspecified atom stereocenters. The second-order valence-electron chi connectivity index (χ2n) is 4.55. The molecule has 0 aliphatic heterocycles. The van der Waals surface area contributed by atoms with Gasteiger partial charge in [-0.25, -0.2) is 9.97 Å². The fraction of sp³-hybridized carbons (Fsp3) is 0.375. The van der Waals surface area contributed by atoms with E-state index in [9.17, 15) is 0 Å². The Hall–Kier alpha value is -1.81. The molecule has 2 aromatic rings. The van der Waals surface area contributed by atoms with E-state index < -0.39 is 0 Å². The normalized spacial score (nSPS) is 10.5. The maximum Gasteiger partial charge on any atom is 0.161 e. The monoisotopic (exact) mass is 306 g/mol. The highest BCUT2D eigenvalue weighted by Crippen LogP contribution is 2.31. The summed E-state index contributed by atoms with van der Waals surface area (Å²) in [5.74, 6) is 1.98. The standard InChI is InChI=1S/C16H19ClN2O2/c1-4-6-12-10-15(17)19-16(18-12)11-7-8-13(20-3)14(9-11)21-5-2/h7-10H,4-6H2,1-3H3. The van der Waals surface area contributed by atoms with Crippen molar-refractivity contribution < 1.29 is 9.47 Å². The maximum atomic E-state index is 6.09. The molecular formula is C16H19ClN2O2. The van der Waals surface area contributed by atoms with Crippen LogP contribution in [0.1, 0.15) is 26.0 Å². The molecule has 0 aliphatic rings. The van der Waals surface area contributed by atoms with Gasteiger partial charge in [0, 0.05) is 11.3 Å². The van der Waals surface area contributed by atoms with Gasteiger partial charge in [0.15, 0.2) is 17.3 Å². The van der Waals surface area contributed by atoms with Crippen LogP contribution < -0.4 is 9.47 Å². The summed E-state index contributed by atoms with van der Waals surface area (Å²) in [6.45, 7) is 4.61. The van der Waals surface area contributed by atoms with Crippen LogP contribution in [0, 0.1) is 0 Å². The topological polar surface area (TPSA) is 44.2 Å². The Morgan fingerprint density at radius 1 is 1.10 bits per heavy atom. The smallest absolute Gasteiger partial charge is 0.161 e. The maximum absolute atomic E-state index is 6.09. The van der Waals surface area contributed by atoms with Crippen LogP contribution in [0.2, 0.25) is 5.15 Å². The minimum absolute atomic E-state index is 0.456. The van der Waals surface area contributed by atoms with E-state index in [0.29, 0.717) is 29.1 Å². The van der Waals surface area contributed by atoms with Gasteiger partial charge >= 0.3 is 0 Å². The molecule has 1 aromatic carbocycles. The Labute approximate surface area is 130 Å². The van der Waals surface area contributed by atoms with E-state index in [1.165, 1.54) is 0 Å². The fourth-order valence-electron chi connectivity index (χ4n) is 2.06. The molecule has 0 fully saturated rings. The van der Waals surface area contributed by atoms with Gasteiger partial charge in [0.25, 0.3) is 0 Å². The van der Waals surface area contributed by atoms with Crippen molar-refractivity contribution in [3.05, 3.63) is 35.1 Å². The predicted octanol–water partition coefficient (Wildman–Crippen LogP) is 4.16. The van der Waals surface area contributed by atoms with Crippen LogP contribution in [0.25, 0.3) is 11.4 Å². The molecule has 0 saturated heterocycles. The van der Waals surface area contributed by atoms with Gasteiger partial charge in [-0.1, -0.05) is 24.9 Å². The number of methoxy groups -OCH3 is 1. The molecule has 0 spiro atoms. The number of ether oxygens (including phenoxy) is 2. The van der Waals surface area contributed by atoms with Crippen LogP contribution in [0.15, 0.2) is 24.3 Å². The molecule has 5 heteroatoms. The number of hydrogen-bond donors (Lipinski definition) is 0. The van der Waals surface area contributed by atoms with Crippen molar-refractivity contribution in [2.45, 2.75) is 26.7 Å². The predicted molar refractivity (Wildman–Crippen MR) is 84.2 cm³/mol. The quantitative estimate of drug-likeness (QED) is 0.752. The van der Waals surface area contributed by atoms with Crippen LogP contribution >= 0.6 is 11.6 Å². The Bertz CT molecular complexity index is 617. The summed E-state index contributed by atoms with van der Waals surface area (Å²) >= 11 is 6.09. The SMILES string of the molecule is CCCc1cc(Cl)nc(-c2ccc(OC)c(OCC)c2)n1. The van der Waals surface area contributed by atoms with Crippen LogP contribution in [-0.2, 0) is 6.42 Å². The average molecular weight is 307 g/mol. The molecule has 0 radical (unpaired) electrons. The van der Waals surface area contributed by atoms with Gasteiger partial charge in [0.1, 0.15) is 5.15 Å². The van der Waals surface area contributed by atoms with Crippen LogP contribution in [0.4, 0.5) is 0 Å². The average Bonchev–Trinajstić information content (AvgIpc) is 2.47. The van der Waals surface area contributed by atoms with Gasteiger partial charge in [0.05, 0.1) is 13.7 Å². The second-order valence-corrected chi connectivity index (χ2v) is 4.94. The summed E-state index contributed by atoms with van der Waals surface area (Å²) in [6.07, 6.45) is 1.89. The zero-order chi connectivity index (χ0) is 15.2. The number of halogens is 1. The highest BCUT2D eigenvalue weighted by Gasteiger charge is 2.10. The number of aryl methyl sites for hydroxylation is 1. The molecule has 4 nitrogen and oxygen atoms in total. The zero-order valence-electron chi connectivity index (χ0n) is 12.5. The first-order valence-electron chi connectivity index (χ1n) is 7.02. The third-order valence-corrected chi connectivity index (χ3v) is 3.17. The molecule has 112 valence electrons. The Morgan fingerprint density at radius 2 is 1.90 bits per heavy atom. The Morgan fingerprint density at radius 3 is 2.57 bits per heavy atom. The molecular weight excluding hydrogens is 288 g/mol. The zero-order valence-corrected chi connectivity index (χ0v) is 13.3. The summed E-state index contributed by atoms with van der Waals surface area (Å²) < 4.78 is 10.9. The van der Waals surface area contributed by atoms with Gasteiger partial charge in [-0.3, -0.25) is 0 Å². The lowest BCUT2D eigenvalue weighted by Gasteiger charge is -2.11. The minimum Gasteiger partial charge on any atom is -0.493 e. The van der Waals surface area contributed by atoms with E-state index in [4.69, 9.17) is 21.1 Å². The third kappa shape index (κ3) is 3.85. The Kier molecular flexibility index (Phi) is 5.39. The summed E-state index contributed by atoms with van der Waals surface area (Å²) in [4.78, 5) is 8.86. The van der Waals surface area contributed by atoms with E-state index in [1.807, 2.05) is 31.2 Å². The summed E-state index contributed by atoms with van der Waals surface area (Å²) in [7, 11) is 1.62. The molecule has 0 saturated carbocycles. The highest BCUT2D eigenvalue weighted by atomic mass is 35.5. The van der Waals surface area contributed by atoms with Crippen molar-refractivity contribution in [1.82, 2.24) is 9.97 Å². The van der Waals surface area contributed by atoms with Crippen molar-refractivity contribution >= 4 is 11.6 Å². The van der Waals surface area contributed by atoms with Crippen molar-refractivity contribution in [3.8, 4) is 22.9 Å². The van der Waals surface area contributed by atoms with Crippen LogP contribution in [-0.4, -0.2) is 23.7 Å². The lowest BCUT2D eigenvalue weighted by atomic mass is 10.1. The summed E-state index contributed by atoms with van der Waals surface area (Å²) in [5, 5.41) is 0.456. The number of rotatable bonds is 6. The lowest BCUT2D eigenvalue weighted by molar-refractivity contribution is 0.311. The third-order valence-electron chi connectivity index (χ3n) is 2.98. The molecule has 0 amide bonds. The van der Waals surface area contributed by atoms with E-state index in [-0.39, 0.29) is 0 Å². The van der Waals surface area contributed by atoms with E-state index >= 15 is 0 Å². The van der Waals surface area contributed by atoms with Gasteiger partial charge in [-0.05, 0) is 37.6 Å². The largest absolute Gasteiger partial charge is 0.493 e. The molecule has 0 bridgehead atoms. The van der Waals surface area contributed by atoms with E-state index in [2.05, 4.69) is 16.9 Å². The first kappa shape index (κ1) is 15.6. The summed E-state index contributed by atoms with van der Waals surface area (Å²) in [5.41, 5.74) is 1.81. The van der Waals surface area contributed by atoms with Gasteiger partial charge in [-0.2, -0.15) is 0 Å². The van der Waals surface area contributed by atoms with E-state index in [0.717, 1.165) is 24.1 Å². The van der Waals surface area contributed by atoms with Crippen molar-refractivity contribution in [1.29, 1.82) is 0 Å². The molecule has 0 N–H and O–H groups in total. The summed E-state index contributed by atoms with van der Waals surface area (Å²) in [6, 6.07) is 7.44. The van der Waals surface area contributed by atoms with Crippen molar-refractivity contribution in [2.75, 3.05) is 13.7 Å². The molecule has 1 aromatic heterocycles. The van der Waals surface area contributed by atoms with Crippen LogP contribution in [0.3, 0.4) is 0 Å². The van der Waals surface area contributed by atoms with Gasteiger partial charge < -0.3 is 9.47 Å². The Balaban J connectivity index is 2.43. The second kappa shape index (κ2) is 7.27. The molecule has 21 heavy (non-hydrogen) atoms. The first-order valence-corrected chi connectivity index (χ1v) is 7.40. The number of hydrogen-bond acceptors (Lipinski definition) is 4. The van der Waals surface area contributed by atoms with Crippen molar-refractivity contribution in [3.63, 3.8) is 0 Å². The van der Waals surface area contributed by atoms with Crippen molar-refractivity contribution in [2.24, 2.45) is 0 Å². The van der Waals surface area contributed by atoms with Crippen LogP contribution in [0.5, 0.6) is 11.5 Å². The molecule has 2 rings (SSSR count). The molecule has 0 aliphatic carbocycles. The minimum atomic E-state index is 0.456. The number of nitrogens with zero attached hydrogens (tertiary/aromatic N) is 2. The first-order chi connectivity index (χ1) is 10.2. The molecule has 1 heterocycles. The highest BCUT2D eigenvalue weighted by molar-refractivity contribution is 6.29. The van der Waals surface area contributed by atoms with Gasteiger partial charge in [0.2, 0.25) is 0 Å². The van der Waals surface area contributed by atoms with Gasteiger partial charge in [-0.15, -0.1) is 0 Å². The van der Waals surface area contributed by atoms with E-state index in [1.54, 1.807) is 7.11 Å².